The number of hydrogen-bond donors (Lipinski definition) is 0. The van der Waals surface area contributed by atoms with E-state index in [1.165, 1.54) is 0 Å². The fraction of sp³-hybridized carbons (Fsp3) is 0.0476. The summed E-state index contributed by atoms with van der Waals surface area (Å²) in [5, 5.41) is 2.19. The van der Waals surface area contributed by atoms with Crippen LogP contribution in [0, 0.1) is 0 Å². The molecule has 0 saturated carbocycles. The third kappa shape index (κ3) is 4.83. The molecule has 0 radical (unpaired) electrons. The van der Waals surface area contributed by atoms with Crippen molar-refractivity contribution in [2.45, 2.75) is 0 Å². The molecular formula is C42H29N5O2. The quantitative estimate of drug-likeness (QED) is 0.188. The molecule has 3 heterocycles. The molecule has 0 atom stereocenters. The molecule has 0 aliphatic heterocycles. The Morgan fingerprint density at radius 3 is 1.82 bits per heavy atom. The number of aromatic nitrogens is 5. The fourth-order valence-corrected chi connectivity index (χ4v) is 6.66. The van der Waals surface area contributed by atoms with Gasteiger partial charge in [-0.2, -0.15) is 0 Å². The van der Waals surface area contributed by atoms with E-state index in [4.69, 9.17) is 19.4 Å². The summed E-state index contributed by atoms with van der Waals surface area (Å²) in [6, 6.07) is 47.0. The largest absolute Gasteiger partial charge is 0.456 e. The van der Waals surface area contributed by atoms with Gasteiger partial charge in [0.1, 0.15) is 11.2 Å². The van der Waals surface area contributed by atoms with Crippen LogP contribution in [0.1, 0.15) is 0 Å². The van der Waals surface area contributed by atoms with Crippen molar-refractivity contribution in [1.29, 1.82) is 0 Å². The molecule has 0 aliphatic rings. The van der Waals surface area contributed by atoms with E-state index in [-0.39, 0.29) is 5.69 Å². The van der Waals surface area contributed by atoms with Gasteiger partial charge in [0.25, 0.3) is 0 Å². The minimum absolute atomic E-state index is 0.0426. The summed E-state index contributed by atoms with van der Waals surface area (Å²) >= 11 is 0. The molecule has 0 amide bonds. The zero-order valence-electron chi connectivity index (χ0n) is 26.8. The van der Waals surface area contributed by atoms with Crippen molar-refractivity contribution in [3.63, 3.8) is 0 Å². The summed E-state index contributed by atoms with van der Waals surface area (Å²) in [6.07, 6.45) is 0. The van der Waals surface area contributed by atoms with Crippen LogP contribution in [0.25, 0.3) is 89.4 Å². The summed E-state index contributed by atoms with van der Waals surface area (Å²) in [4.78, 5) is 27.5. The van der Waals surface area contributed by atoms with Crippen LogP contribution in [-0.4, -0.2) is 24.1 Å². The Kier molecular flexibility index (Phi) is 6.59. The number of nitrogens with zero attached hydrogens (tertiary/aromatic N) is 5. The van der Waals surface area contributed by atoms with Gasteiger partial charge in [-0.3, -0.25) is 9.13 Å². The SMILES string of the molecule is Cn1c(=O)n(C)c2cc(-c3ccc(-c4nc(-c5ccccc5)nc(-c5ccccc5-c5ccc6c(c5)oc5ccccc56)n4)cc3)ccc21. The van der Waals surface area contributed by atoms with Crippen molar-refractivity contribution in [3.05, 3.63) is 150 Å². The maximum atomic E-state index is 12.5. The molecular weight excluding hydrogens is 606 g/mol. The Bertz CT molecular complexity index is 2760. The number of hydrogen-bond acceptors (Lipinski definition) is 5. The van der Waals surface area contributed by atoms with Crippen LogP contribution in [0.4, 0.5) is 0 Å². The van der Waals surface area contributed by atoms with E-state index in [0.29, 0.717) is 17.5 Å². The number of rotatable bonds is 5. The summed E-state index contributed by atoms with van der Waals surface area (Å²) in [7, 11) is 3.60. The molecule has 9 aromatic rings. The van der Waals surface area contributed by atoms with E-state index in [2.05, 4.69) is 54.6 Å². The highest BCUT2D eigenvalue weighted by atomic mass is 16.3. The van der Waals surface area contributed by atoms with Gasteiger partial charge < -0.3 is 4.42 Å². The van der Waals surface area contributed by atoms with Crippen LogP contribution in [0.15, 0.2) is 149 Å². The van der Waals surface area contributed by atoms with Crippen molar-refractivity contribution in [1.82, 2.24) is 24.1 Å². The van der Waals surface area contributed by atoms with Crippen molar-refractivity contribution in [3.8, 4) is 56.4 Å². The van der Waals surface area contributed by atoms with Crippen molar-refractivity contribution in [2.24, 2.45) is 14.1 Å². The monoisotopic (exact) mass is 635 g/mol. The van der Waals surface area contributed by atoms with Gasteiger partial charge in [0.05, 0.1) is 11.0 Å². The zero-order chi connectivity index (χ0) is 33.1. The van der Waals surface area contributed by atoms with E-state index in [9.17, 15) is 4.79 Å². The Hall–Kier alpha value is -6.60. The van der Waals surface area contributed by atoms with E-state index < -0.39 is 0 Å². The van der Waals surface area contributed by atoms with Gasteiger partial charge in [-0.25, -0.2) is 19.7 Å². The maximum Gasteiger partial charge on any atom is 0.328 e. The van der Waals surface area contributed by atoms with Crippen LogP contribution in [0.2, 0.25) is 0 Å². The van der Waals surface area contributed by atoms with Crippen LogP contribution >= 0.6 is 0 Å². The second-order valence-corrected chi connectivity index (χ2v) is 12.2. The van der Waals surface area contributed by atoms with E-state index in [0.717, 1.165) is 71.9 Å². The number of fused-ring (bicyclic) bond motifs is 4. The normalized spacial score (nSPS) is 11.6. The third-order valence-corrected chi connectivity index (χ3v) is 9.27. The Labute approximate surface area is 281 Å². The minimum Gasteiger partial charge on any atom is -0.456 e. The first-order valence-electron chi connectivity index (χ1n) is 16.1. The number of para-hydroxylation sites is 1. The molecule has 0 aliphatic carbocycles. The Morgan fingerprint density at radius 1 is 0.449 bits per heavy atom. The van der Waals surface area contributed by atoms with Gasteiger partial charge in [-0.05, 0) is 52.6 Å². The molecule has 7 heteroatoms. The third-order valence-electron chi connectivity index (χ3n) is 9.27. The summed E-state index contributed by atoms with van der Waals surface area (Å²) in [5.41, 5.74) is 10.2. The number of benzene rings is 6. The molecule has 234 valence electrons. The highest BCUT2D eigenvalue weighted by Crippen LogP contribution is 2.36. The van der Waals surface area contributed by atoms with Crippen molar-refractivity contribution >= 4 is 33.0 Å². The van der Waals surface area contributed by atoms with Crippen molar-refractivity contribution in [2.75, 3.05) is 0 Å². The Balaban J connectivity index is 1.15. The van der Waals surface area contributed by atoms with Crippen LogP contribution < -0.4 is 5.69 Å². The smallest absolute Gasteiger partial charge is 0.328 e. The lowest BCUT2D eigenvalue weighted by molar-refractivity contribution is 0.669. The average Bonchev–Trinajstić information content (AvgIpc) is 3.64. The molecule has 7 nitrogen and oxygen atoms in total. The first kappa shape index (κ1) is 28.6. The molecule has 0 N–H and O–H groups in total. The molecule has 0 fully saturated rings. The molecule has 0 saturated heterocycles. The second-order valence-electron chi connectivity index (χ2n) is 12.2. The lowest BCUT2D eigenvalue weighted by Crippen LogP contribution is -2.19. The second kappa shape index (κ2) is 11.3. The number of aryl methyl sites for hydroxylation is 2. The molecule has 3 aromatic heterocycles. The number of furan rings is 1. The van der Waals surface area contributed by atoms with Gasteiger partial charge >= 0.3 is 5.69 Å². The zero-order valence-corrected chi connectivity index (χ0v) is 26.8. The molecule has 0 bridgehead atoms. The van der Waals surface area contributed by atoms with Gasteiger partial charge in [0.15, 0.2) is 17.5 Å². The highest BCUT2D eigenvalue weighted by molar-refractivity contribution is 6.06. The first-order valence-corrected chi connectivity index (χ1v) is 16.1. The van der Waals surface area contributed by atoms with Crippen molar-refractivity contribution < 1.29 is 4.42 Å². The van der Waals surface area contributed by atoms with Gasteiger partial charge in [0, 0.05) is 41.6 Å². The van der Waals surface area contributed by atoms with Gasteiger partial charge in [-0.15, -0.1) is 0 Å². The number of imidazole rings is 1. The molecule has 9 rings (SSSR count). The molecule has 0 unspecified atom stereocenters. The molecule has 6 aromatic carbocycles. The first-order chi connectivity index (χ1) is 24.0. The standard InChI is InChI=1S/C42H29N5O2/c1-46-35-23-21-29(24-36(35)47(2)42(46)48)26-16-18-28(19-17-26)40-43-39(27-10-4-3-5-11-27)44-41(45-40)34-14-7-6-12-31(34)30-20-22-33-32-13-8-9-15-37(32)49-38(33)25-30/h3-25H,1-2H3. The minimum atomic E-state index is -0.0426. The molecule has 0 spiro atoms. The van der Waals surface area contributed by atoms with Gasteiger partial charge in [0.2, 0.25) is 0 Å². The van der Waals surface area contributed by atoms with Crippen LogP contribution in [-0.2, 0) is 14.1 Å². The van der Waals surface area contributed by atoms with Crippen LogP contribution in [0.5, 0.6) is 0 Å². The predicted octanol–water partition coefficient (Wildman–Crippen LogP) is 9.30. The fourth-order valence-electron chi connectivity index (χ4n) is 6.66. The lowest BCUT2D eigenvalue weighted by Gasteiger charge is -2.12. The molecule has 49 heavy (non-hydrogen) atoms. The van der Waals surface area contributed by atoms with E-state index in [1.54, 1.807) is 23.2 Å². The van der Waals surface area contributed by atoms with E-state index in [1.807, 2.05) is 84.9 Å². The van der Waals surface area contributed by atoms with Crippen LogP contribution in [0.3, 0.4) is 0 Å². The summed E-state index contributed by atoms with van der Waals surface area (Å²) in [6.45, 7) is 0. The highest BCUT2D eigenvalue weighted by Gasteiger charge is 2.17. The predicted molar refractivity (Wildman–Crippen MR) is 196 cm³/mol. The summed E-state index contributed by atoms with van der Waals surface area (Å²) < 4.78 is 9.58. The van der Waals surface area contributed by atoms with E-state index >= 15 is 0 Å². The average molecular weight is 636 g/mol. The lowest BCUT2D eigenvalue weighted by atomic mass is 9.98. The summed E-state index contributed by atoms with van der Waals surface area (Å²) in [5.74, 6) is 1.77. The topological polar surface area (TPSA) is 78.7 Å². The maximum absolute atomic E-state index is 12.5. The Morgan fingerprint density at radius 2 is 1.02 bits per heavy atom. The van der Waals surface area contributed by atoms with Gasteiger partial charge in [-0.1, -0.05) is 109 Å².